The second-order valence-corrected chi connectivity index (χ2v) is 5.52. The third-order valence-electron chi connectivity index (χ3n) is 2.76. The zero-order chi connectivity index (χ0) is 15.2. The number of phenols is 1. The number of carbonyl (C=O) groups is 2. The van der Waals surface area contributed by atoms with Crippen LogP contribution in [0.3, 0.4) is 0 Å². The summed E-state index contributed by atoms with van der Waals surface area (Å²) in [7, 11) is 0. The number of ketones is 1. The number of anilines is 1. The number of amides is 1. The molecule has 0 aliphatic carbocycles. The molecule has 0 bridgehead atoms. The Labute approximate surface area is 127 Å². The van der Waals surface area contributed by atoms with Gasteiger partial charge in [0.05, 0.1) is 5.75 Å². The number of aromatic hydroxyl groups is 1. The number of nitrogens with one attached hydrogen (secondary N) is 1. The summed E-state index contributed by atoms with van der Waals surface area (Å²) in [5.41, 5.74) is 1.27. The van der Waals surface area contributed by atoms with E-state index in [0.29, 0.717) is 11.3 Å². The number of carbonyl (C=O) groups excluding carboxylic acids is 2. The first kappa shape index (κ1) is 15.1. The molecule has 0 aliphatic rings. The standard InChI is InChI=1S/C16H15NO3S/c1-11(18)12-5-7-13(8-6-12)17-16(20)10-21-15-4-2-3-14(19)9-15/h2-9,19H,10H2,1H3,(H,17,20). The second-order valence-electron chi connectivity index (χ2n) is 4.47. The fourth-order valence-electron chi connectivity index (χ4n) is 1.71. The van der Waals surface area contributed by atoms with Crippen molar-refractivity contribution in [3.8, 4) is 5.75 Å². The van der Waals surface area contributed by atoms with Crippen molar-refractivity contribution in [1.29, 1.82) is 0 Å². The zero-order valence-electron chi connectivity index (χ0n) is 11.5. The van der Waals surface area contributed by atoms with Gasteiger partial charge in [0, 0.05) is 16.1 Å². The molecule has 4 nitrogen and oxygen atoms in total. The maximum atomic E-state index is 11.8. The van der Waals surface area contributed by atoms with E-state index in [0.717, 1.165) is 4.90 Å². The van der Waals surface area contributed by atoms with Gasteiger partial charge in [-0.25, -0.2) is 0 Å². The molecule has 0 atom stereocenters. The summed E-state index contributed by atoms with van der Waals surface area (Å²) in [5, 5.41) is 12.1. The molecule has 21 heavy (non-hydrogen) atoms. The lowest BCUT2D eigenvalue weighted by atomic mass is 10.1. The summed E-state index contributed by atoms with van der Waals surface area (Å²) < 4.78 is 0. The van der Waals surface area contributed by atoms with E-state index in [1.165, 1.54) is 18.7 Å². The Morgan fingerprint density at radius 2 is 1.86 bits per heavy atom. The lowest BCUT2D eigenvalue weighted by molar-refractivity contribution is -0.113. The zero-order valence-corrected chi connectivity index (χ0v) is 12.3. The minimum atomic E-state index is -0.140. The molecular weight excluding hydrogens is 286 g/mol. The molecule has 0 fully saturated rings. The van der Waals surface area contributed by atoms with E-state index < -0.39 is 0 Å². The highest BCUT2D eigenvalue weighted by Crippen LogP contribution is 2.22. The van der Waals surface area contributed by atoms with Crippen LogP contribution in [0, 0.1) is 0 Å². The summed E-state index contributed by atoms with van der Waals surface area (Å²) in [6, 6.07) is 13.5. The van der Waals surface area contributed by atoms with Crippen LogP contribution in [-0.2, 0) is 4.79 Å². The highest BCUT2D eigenvalue weighted by molar-refractivity contribution is 8.00. The molecule has 2 aromatic carbocycles. The number of phenolic OH excluding ortho intramolecular Hbond substituents is 1. The average Bonchev–Trinajstić information content (AvgIpc) is 2.46. The van der Waals surface area contributed by atoms with Crippen molar-refractivity contribution < 1.29 is 14.7 Å². The molecule has 5 heteroatoms. The minimum Gasteiger partial charge on any atom is -0.508 e. The van der Waals surface area contributed by atoms with Crippen LogP contribution in [0.15, 0.2) is 53.4 Å². The maximum Gasteiger partial charge on any atom is 0.234 e. The van der Waals surface area contributed by atoms with Gasteiger partial charge in [0.15, 0.2) is 5.78 Å². The van der Waals surface area contributed by atoms with Gasteiger partial charge < -0.3 is 10.4 Å². The van der Waals surface area contributed by atoms with Gasteiger partial charge in [-0.3, -0.25) is 9.59 Å². The van der Waals surface area contributed by atoms with Gasteiger partial charge >= 0.3 is 0 Å². The summed E-state index contributed by atoms with van der Waals surface area (Å²) in [5.74, 6) is 0.282. The van der Waals surface area contributed by atoms with Crippen molar-refractivity contribution in [3.63, 3.8) is 0 Å². The topological polar surface area (TPSA) is 66.4 Å². The van der Waals surface area contributed by atoms with Crippen molar-refractivity contribution in [2.24, 2.45) is 0 Å². The summed E-state index contributed by atoms with van der Waals surface area (Å²) in [6.45, 7) is 1.50. The van der Waals surface area contributed by atoms with Crippen LogP contribution in [0.25, 0.3) is 0 Å². The first-order valence-corrected chi connectivity index (χ1v) is 7.36. The molecule has 0 saturated heterocycles. The Kier molecular flexibility index (Phi) is 5.00. The Hall–Kier alpha value is -2.27. The molecule has 0 unspecified atom stereocenters. The Morgan fingerprint density at radius 3 is 2.48 bits per heavy atom. The van der Waals surface area contributed by atoms with E-state index in [1.54, 1.807) is 42.5 Å². The molecule has 0 heterocycles. The van der Waals surface area contributed by atoms with Crippen LogP contribution in [0.5, 0.6) is 5.75 Å². The molecule has 1 amide bonds. The van der Waals surface area contributed by atoms with E-state index in [9.17, 15) is 14.7 Å². The van der Waals surface area contributed by atoms with Crippen LogP contribution >= 0.6 is 11.8 Å². The smallest absolute Gasteiger partial charge is 0.234 e. The number of hydrogen-bond donors (Lipinski definition) is 2. The van der Waals surface area contributed by atoms with E-state index in [-0.39, 0.29) is 23.2 Å². The molecule has 2 rings (SSSR count). The molecule has 108 valence electrons. The summed E-state index contributed by atoms with van der Waals surface area (Å²) in [6.07, 6.45) is 0. The van der Waals surface area contributed by atoms with Crippen molar-refractivity contribution in [1.82, 2.24) is 0 Å². The third-order valence-corrected chi connectivity index (χ3v) is 3.76. The lowest BCUT2D eigenvalue weighted by Crippen LogP contribution is -2.14. The molecule has 0 aliphatic heterocycles. The van der Waals surface area contributed by atoms with Crippen LogP contribution in [0.4, 0.5) is 5.69 Å². The first-order chi connectivity index (χ1) is 10.0. The third kappa shape index (κ3) is 4.65. The minimum absolute atomic E-state index is 0.00711. The molecule has 0 spiro atoms. The maximum absolute atomic E-state index is 11.8. The summed E-state index contributed by atoms with van der Waals surface area (Å²) in [4.78, 5) is 23.8. The van der Waals surface area contributed by atoms with Gasteiger partial charge in [-0.2, -0.15) is 0 Å². The Balaban J connectivity index is 1.88. The molecule has 0 radical (unpaired) electrons. The largest absolute Gasteiger partial charge is 0.508 e. The van der Waals surface area contributed by atoms with Gasteiger partial charge in [0.2, 0.25) is 5.91 Å². The van der Waals surface area contributed by atoms with Crippen molar-refractivity contribution in [2.45, 2.75) is 11.8 Å². The van der Waals surface area contributed by atoms with Gasteiger partial charge in [-0.05, 0) is 49.4 Å². The highest BCUT2D eigenvalue weighted by Gasteiger charge is 2.05. The van der Waals surface area contributed by atoms with E-state index in [1.807, 2.05) is 6.07 Å². The molecule has 2 aromatic rings. The van der Waals surface area contributed by atoms with Crippen LogP contribution in [-0.4, -0.2) is 22.5 Å². The summed E-state index contributed by atoms with van der Waals surface area (Å²) >= 11 is 1.34. The predicted octanol–water partition coefficient (Wildman–Crippen LogP) is 3.33. The van der Waals surface area contributed by atoms with Gasteiger partial charge in [-0.1, -0.05) is 6.07 Å². The fourth-order valence-corrected chi connectivity index (χ4v) is 2.46. The van der Waals surface area contributed by atoms with Crippen LogP contribution < -0.4 is 5.32 Å². The van der Waals surface area contributed by atoms with Gasteiger partial charge in [-0.15, -0.1) is 11.8 Å². The number of thioether (sulfide) groups is 1. The average molecular weight is 301 g/mol. The first-order valence-electron chi connectivity index (χ1n) is 6.37. The normalized spacial score (nSPS) is 10.1. The van der Waals surface area contributed by atoms with E-state index in [4.69, 9.17) is 0 Å². The molecule has 2 N–H and O–H groups in total. The molecule has 0 aromatic heterocycles. The van der Waals surface area contributed by atoms with Crippen molar-refractivity contribution in [3.05, 3.63) is 54.1 Å². The number of hydrogen-bond acceptors (Lipinski definition) is 4. The quantitative estimate of drug-likeness (QED) is 0.656. The second kappa shape index (κ2) is 6.95. The number of rotatable bonds is 5. The number of benzene rings is 2. The SMILES string of the molecule is CC(=O)c1ccc(NC(=O)CSc2cccc(O)c2)cc1. The van der Waals surface area contributed by atoms with Crippen molar-refractivity contribution >= 4 is 29.1 Å². The van der Waals surface area contributed by atoms with E-state index in [2.05, 4.69) is 5.32 Å². The Morgan fingerprint density at radius 1 is 1.14 bits per heavy atom. The molecule has 0 saturated carbocycles. The Bertz CT molecular complexity index is 653. The highest BCUT2D eigenvalue weighted by atomic mass is 32.2. The van der Waals surface area contributed by atoms with Gasteiger partial charge in [0.25, 0.3) is 0 Å². The van der Waals surface area contributed by atoms with E-state index >= 15 is 0 Å². The molecular formula is C16H15NO3S. The predicted molar refractivity (Wildman–Crippen MR) is 83.9 cm³/mol. The van der Waals surface area contributed by atoms with Crippen LogP contribution in [0.1, 0.15) is 17.3 Å². The lowest BCUT2D eigenvalue weighted by Gasteiger charge is -2.06. The fraction of sp³-hybridized carbons (Fsp3) is 0.125. The monoisotopic (exact) mass is 301 g/mol. The van der Waals surface area contributed by atoms with Crippen molar-refractivity contribution in [2.75, 3.05) is 11.1 Å². The van der Waals surface area contributed by atoms with Gasteiger partial charge in [0.1, 0.15) is 5.75 Å². The number of Topliss-reactive ketones (excluding diaryl/α,β-unsaturated/α-hetero) is 1. The van der Waals surface area contributed by atoms with Crippen LogP contribution in [0.2, 0.25) is 0 Å².